The summed E-state index contributed by atoms with van der Waals surface area (Å²) in [5.41, 5.74) is 0. The Kier molecular flexibility index (Phi) is 3.57. The molecule has 0 saturated heterocycles. The van der Waals surface area contributed by atoms with E-state index in [1.165, 1.54) is 12.8 Å². The van der Waals surface area contributed by atoms with E-state index in [-0.39, 0.29) is 0 Å². The molecule has 0 aromatic carbocycles. The van der Waals surface area contributed by atoms with Gasteiger partial charge in [-0.2, -0.15) is 0 Å². The second-order valence-corrected chi connectivity index (χ2v) is 3.75. The summed E-state index contributed by atoms with van der Waals surface area (Å²) in [4.78, 5) is 4.52. The highest BCUT2D eigenvalue weighted by Gasteiger charge is 2.20. The molecule has 1 unspecified atom stereocenters. The largest absolute Gasteiger partial charge is 0.479 e. The molecule has 0 saturated carbocycles. The minimum Gasteiger partial charge on any atom is -0.479 e. The van der Waals surface area contributed by atoms with Crippen molar-refractivity contribution in [3.05, 3.63) is 0 Å². The van der Waals surface area contributed by atoms with Gasteiger partial charge in [-0.25, -0.2) is 4.99 Å². The molecule has 0 aromatic rings. The van der Waals surface area contributed by atoms with E-state index in [1.807, 2.05) is 0 Å². The fourth-order valence-electron chi connectivity index (χ4n) is 1.25. The number of aliphatic imine (C=N–C) groups is 1. The fourth-order valence-corrected chi connectivity index (χ4v) is 1.25. The van der Waals surface area contributed by atoms with E-state index in [1.54, 1.807) is 0 Å². The number of hydrogen-bond acceptors (Lipinski definition) is 2. The summed E-state index contributed by atoms with van der Waals surface area (Å²) in [7, 11) is 0. The minimum atomic E-state index is 0.414. The predicted molar refractivity (Wildman–Crippen MR) is 51.5 cm³/mol. The average Bonchev–Trinajstić information content (AvgIpc) is 2.48. The monoisotopic (exact) mass is 169 g/mol. The van der Waals surface area contributed by atoms with Gasteiger partial charge in [0.1, 0.15) is 6.61 Å². The number of nitrogens with zero attached hydrogens (tertiary/aromatic N) is 1. The lowest BCUT2D eigenvalue weighted by Gasteiger charge is -2.06. The van der Waals surface area contributed by atoms with E-state index in [9.17, 15) is 0 Å². The normalized spacial score (nSPS) is 22.7. The third kappa shape index (κ3) is 2.50. The average molecular weight is 169 g/mol. The van der Waals surface area contributed by atoms with Crippen molar-refractivity contribution in [2.24, 2.45) is 10.9 Å². The van der Waals surface area contributed by atoms with Crippen LogP contribution in [0.4, 0.5) is 0 Å². The molecule has 12 heavy (non-hydrogen) atoms. The van der Waals surface area contributed by atoms with Crippen LogP contribution < -0.4 is 0 Å². The molecule has 1 heterocycles. The molecule has 0 fully saturated rings. The van der Waals surface area contributed by atoms with Gasteiger partial charge in [0.2, 0.25) is 0 Å². The lowest BCUT2D eigenvalue weighted by molar-refractivity contribution is 0.285. The van der Waals surface area contributed by atoms with Gasteiger partial charge < -0.3 is 4.74 Å². The van der Waals surface area contributed by atoms with Gasteiger partial charge >= 0.3 is 0 Å². The van der Waals surface area contributed by atoms with Crippen molar-refractivity contribution >= 4 is 5.90 Å². The first-order chi connectivity index (χ1) is 5.74. The smallest absolute Gasteiger partial charge is 0.183 e. The third-order valence-electron chi connectivity index (χ3n) is 2.24. The molecule has 1 rings (SSSR count). The lowest BCUT2D eigenvalue weighted by atomic mass is 10.1. The highest BCUT2D eigenvalue weighted by atomic mass is 16.5. The molecule has 0 radical (unpaired) electrons. The van der Waals surface area contributed by atoms with Crippen molar-refractivity contribution in [1.29, 1.82) is 0 Å². The third-order valence-corrected chi connectivity index (χ3v) is 2.24. The second-order valence-electron chi connectivity index (χ2n) is 3.75. The number of unbranched alkanes of at least 4 members (excludes halogenated alkanes) is 1. The maximum atomic E-state index is 5.48. The van der Waals surface area contributed by atoms with Gasteiger partial charge in [0, 0.05) is 6.42 Å². The Morgan fingerprint density at radius 1 is 1.58 bits per heavy atom. The second kappa shape index (κ2) is 4.48. The van der Waals surface area contributed by atoms with Gasteiger partial charge in [-0.05, 0) is 12.3 Å². The van der Waals surface area contributed by atoms with Gasteiger partial charge in [-0.3, -0.25) is 0 Å². The van der Waals surface area contributed by atoms with Crippen molar-refractivity contribution < 1.29 is 4.74 Å². The van der Waals surface area contributed by atoms with Crippen LogP contribution in [0, 0.1) is 5.92 Å². The van der Waals surface area contributed by atoms with Crippen LogP contribution >= 0.6 is 0 Å². The summed E-state index contributed by atoms with van der Waals surface area (Å²) in [6, 6.07) is 0.414. The van der Waals surface area contributed by atoms with E-state index in [0.29, 0.717) is 12.0 Å². The fraction of sp³-hybridized carbons (Fsp3) is 0.900. The number of rotatable bonds is 4. The van der Waals surface area contributed by atoms with Gasteiger partial charge in [0.25, 0.3) is 0 Å². The summed E-state index contributed by atoms with van der Waals surface area (Å²) < 4.78 is 5.48. The first-order valence-corrected chi connectivity index (χ1v) is 4.93. The van der Waals surface area contributed by atoms with E-state index in [2.05, 4.69) is 25.8 Å². The van der Waals surface area contributed by atoms with Crippen LogP contribution in [0.1, 0.15) is 40.0 Å². The zero-order chi connectivity index (χ0) is 8.97. The molecule has 0 aromatic heterocycles. The van der Waals surface area contributed by atoms with E-state index < -0.39 is 0 Å². The molecule has 1 aliphatic heterocycles. The molecule has 70 valence electrons. The van der Waals surface area contributed by atoms with Crippen LogP contribution in [0.15, 0.2) is 4.99 Å². The zero-order valence-corrected chi connectivity index (χ0v) is 8.34. The summed E-state index contributed by atoms with van der Waals surface area (Å²) in [5.74, 6) is 1.60. The molecule has 2 nitrogen and oxygen atoms in total. The quantitative estimate of drug-likeness (QED) is 0.634. The van der Waals surface area contributed by atoms with E-state index >= 15 is 0 Å². The Bertz CT molecular complexity index is 163. The topological polar surface area (TPSA) is 21.6 Å². The molecular formula is C10H19NO. The molecule has 1 aliphatic rings. The van der Waals surface area contributed by atoms with Crippen molar-refractivity contribution in [2.75, 3.05) is 6.61 Å². The highest BCUT2D eigenvalue weighted by molar-refractivity contribution is 5.77. The highest BCUT2D eigenvalue weighted by Crippen LogP contribution is 2.15. The first kappa shape index (κ1) is 9.56. The van der Waals surface area contributed by atoms with Crippen LogP contribution in [-0.4, -0.2) is 18.5 Å². The van der Waals surface area contributed by atoms with Crippen LogP contribution in [0.5, 0.6) is 0 Å². The molecule has 0 amide bonds. The standard InChI is InChI=1S/C10H19NO/c1-4-5-6-10-11-9(7-12-10)8(2)3/h8-9H,4-7H2,1-3H3. The van der Waals surface area contributed by atoms with E-state index in [0.717, 1.165) is 18.9 Å². The maximum Gasteiger partial charge on any atom is 0.183 e. The predicted octanol–water partition coefficient (Wildman–Crippen LogP) is 2.63. The van der Waals surface area contributed by atoms with Crippen molar-refractivity contribution in [2.45, 2.75) is 46.1 Å². The van der Waals surface area contributed by atoms with Crippen LogP contribution in [0.2, 0.25) is 0 Å². The van der Waals surface area contributed by atoms with Crippen molar-refractivity contribution in [3.8, 4) is 0 Å². The summed E-state index contributed by atoms with van der Waals surface area (Å²) >= 11 is 0. The Hall–Kier alpha value is -0.530. The summed E-state index contributed by atoms with van der Waals surface area (Å²) in [6.45, 7) is 7.38. The van der Waals surface area contributed by atoms with Gasteiger partial charge in [-0.1, -0.05) is 27.2 Å². The van der Waals surface area contributed by atoms with Gasteiger partial charge in [0.15, 0.2) is 5.90 Å². The van der Waals surface area contributed by atoms with Crippen LogP contribution in [0.25, 0.3) is 0 Å². The molecule has 2 heteroatoms. The van der Waals surface area contributed by atoms with E-state index in [4.69, 9.17) is 4.74 Å². The Morgan fingerprint density at radius 2 is 2.33 bits per heavy atom. The van der Waals surface area contributed by atoms with Gasteiger partial charge in [0.05, 0.1) is 6.04 Å². The van der Waals surface area contributed by atoms with Gasteiger partial charge in [-0.15, -0.1) is 0 Å². The SMILES string of the molecule is CCCCC1=NC(C(C)C)CO1. The summed E-state index contributed by atoms with van der Waals surface area (Å²) in [6.07, 6.45) is 3.44. The molecule has 0 N–H and O–H groups in total. The van der Waals surface area contributed by atoms with Crippen molar-refractivity contribution in [3.63, 3.8) is 0 Å². The maximum absolute atomic E-state index is 5.48. The van der Waals surface area contributed by atoms with Crippen LogP contribution in [-0.2, 0) is 4.74 Å². The van der Waals surface area contributed by atoms with Crippen molar-refractivity contribution in [1.82, 2.24) is 0 Å². The zero-order valence-electron chi connectivity index (χ0n) is 8.34. The van der Waals surface area contributed by atoms with Crippen LogP contribution in [0.3, 0.4) is 0 Å². The number of ether oxygens (including phenoxy) is 1. The molecule has 0 spiro atoms. The molecule has 0 bridgehead atoms. The molecule has 0 aliphatic carbocycles. The summed E-state index contributed by atoms with van der Waals surface area (Å²) in [5, 5.41) is 0. The Balaban J connectivity index is 2.32. The Morgan fingerprint density at radius 3 is 2.83 bits per heavy atom. The first-order valence-electron chi connectivity index (χ1n) is 4.93. The minimum absolute atomic E-state index is 0.414. The number of hydrogen-bond donors (Lipinski definition) is 0. The molecular weight excluding hydrogens is 150 g/mol. The lowest BCUT2D eigenvalue weighted by Crippen LogP contribution is -2.13. The molecule has 1 atom stereocenters. The Labute approximate surface area is 75.0 Å².